The highest BCUT2D eigenvalue weighted by molar-refractivity contribution is 5.11. The minimum absolute atomic E-state index is 0.181. The number of aliphatic hydroxyl groups excluding tert-OH is 1. The zero-order valence-electron chi connectivity index (χ0n) is 7.98. The smallest absolute Gasteiger partial charge is 0.232 e. The Morgan fingerprint density at radius 2 is 2.15 bits per heavy atom. The molecule has 3 unspecified atom stereocenters. The molecule has 0 aromatic heterocycles. The monoisotopic (exact) mass is 186 g/mol. The van der Waals surface area contributed by atoms with Gasteiger partial charge in [0, 0.05) is 0 Å². The van der Waals surface area contributed by atoms with Crippen LogP contribution in [0.4, 0.5) is 0 Å². The fourth-order valence-electron chi connectivity index (χ4n) is 1.53. The molecule has 0 amide bonds. The molecule has 2 aliphatic rings. The van der Waals surface area contributed by atoms with E-state index >= 15 is 0 Å². The van der Waals surface area contributed by atoms with E-state index in [-0.39, 0.29) is 12.4 Å². The average molecular weight is 186 g/mol. The summed E-state index contributed by atoms with van der Waals surface area (Å²) < 4.78 is 16.3. The Hall–Kier alpha value is -0.580. The van der Waals surface area contributed by atoms with Crippen LogP contribution in [-0.4, -0.2) is 29.4 Å². The predicted octanol–water partition coefficient (Wildman–Crippen LogP) is 0.759. The van der Waals surface area contributed by atoms with E-state index in [0.29, 0.717) is 5.76 Å². The van der Waals surface area contributed by atoms with Crippen molar-refractivity contribution in [2.75, 3.05) is 0 Å². The second-order valence-corrected chi connectivity index (χ2v) is 3.83. The summed E-state index contributed by atoms with van der Waals surface area (Å²) in [7, 11) is 0. The predicted molar refractivity (Wildman–Crippen MR) is 44.7 cm³/mol. The number of aliphatic hydroxyl groups is 1. The van der Waals surface area contributed by atoms with E-state index in [9.17, 15) is 5.11 Å². The molecule has 13 heavy (non-hydrogen) atoms. The van der Waals surface area contributed by atoms with Crippen LogP contribution in [0.5, 0.6) is 0 Å². The van der Waals surface area contributed by atoms with Crippen LogP contribution in [0.15, 0.2) is 11.8 Å². The molecule has 3 atom stereocenters. The zero-order chi connectivity index (χ0) is 9.64. The second kappa shape index (κ2) is 2.70. The van der Waals surface area contributed by atoms with Gasteiger partial charge in [-0.25, -0.2) is 0 Å². The highest BCUT2D eigenvalue weighted by atomic mass is 16.8. The Morgan fingerprint density at radius 1 is 1.46 bits per heavy atom. The maximum atomic E-state index is 9.23. The molecule has 0 aromatic rings. The molecule has 1 N–H and O–H groups in total. The van der Waals surface area contributed by atoms with Gasteiger partial charge in [-0.15, -0.1) is 0 Å². The van der Waals surface area contributed by atoms with Gasteiger partial charge < -0.3 is 19.3 Å². The van der Waals surface area contributed by atoms with Gasteiger partial charge in [0.05, 0.1) is 0 Å². The van der Waals surface area contributed by atoms with E-state index in [4.69, 9.17) is 14.2 Å². The first-order valence-electron chi connectivity index (χ1n) is 4.40. The molecule has 0 bridgehead atoms. The topological polar surface area (TPSA) is 47.9 Å². The first kappa shape index (κ1) is 8.99. The van der Waals surface area contributed by atoms with Gasteiger partial charge in [-0.3, -0.25) is 0 Å². The summed E-state index contributed by atoms with van der Waals surface area (Å²) in [4.78, 5) is 0. The highest BCUT2D eigenvalue weighted by Crippen LogP contribution is 2.35. The Morgan fingerprint density at radius 3 is 2.69 bits per heavy atom. The van der Waals surface area contributed by atoms with Gasteiger partial charge in [0.1, 0.15) is 18.0 Å². The standard InChI is InChI=1S/C9H14O4/c1-5(10)6-4-7-8(11-6)13-9(2,3)12-7/h4-5,7-8,10H,1-3H3. The Labute approximate surface area is 77.1 Å². The Bertz CT molecular complexity index is 244. The van der Waals surface area contributed by atoms with E-state index in [1.54, 1.807) is 13.0 Å². The maximum absolute atomic E-state index is 9.23. The summed E-state index contributed by atoms with van der Waals surface area (Å²) >= 11 is 0. The van der Waals surface area contributed by atoms with Crippen molar-refractivity contribution in [3.8, 4) is 0 Å². The van der Waals surface area contributed by atoms with Crippen LogP contribution < -0.4 is 0 Å². The normalized spacial score (nSPS) is 38.0. The van der Waals surface area contributed by atoms with Gasteiger partial charge in [-0.05, 0) is 26.8 Å². The van der Waals surface area contributed by atoms with Gasteiger partial charge in [0.25, 0.3) is 0 Å². The summed E-state index contributed by atoms with van der Waals surface area (Å²) in [6.07, 6.45) is 0.601. The number of ether oxygens (including phenoxy) is 3. The molecule has 0 saturated carbocycles. The fourth-order valence-corrected chi connectivity index (χ4v) is 1.53. The largest absolute Gasteiger partial charge is 0.463 e. The summed E-state index contributed by atoms with van der Waals surface area (Å²) in [5.41, 5.74) is 0. The molecule has 2 rings (SSSR count). The summed E-state index contributed by atoms with van der Waals surface area (Å²) in [6, 6.07) is 0. The van der Waals surface area contributed by atoms with Crippen LogP contribution in [0.2, 0.25) is 0 Å². The van der Waals surface area contributed by atoms with Crippen molar-refractivity contribution < 1.29 is 19.3 Å². The van der Waals surface area contributed by atoms with E-state index in [1.165, 1.54) is 0 Å². The fraction of sp³-hybridized carbons (Fsp3) is 0.778. The third-order valence-electron chi connectivity index (χ3n) is 2.08. The van der Waals surface area contributed by atoms with Crippen molar-refractivity contribution >= 4 is 0 Å². The third kappa shape index (κ3) is 1.57. The lowest BCUT2D eigenvalue weighted by molar-refractivity contribution is -0.184. The van der Waals surface area contributed by atoms with Crippen molar-refractivity contribution in [3.63, 3.8) is 0 Å². The van der Waals surface area contributed by atoms with Crippen LogP contribution in [0, 0.1) is 0 Å². The highest BCUT2D eigenvalue weighted by Gasteiger charge is 2.46. The second-order valence-electron chi connectivity index (χ2n) is 3.83. The van der Waals surface area contributed by atoms with Crippen LogP contribution in [0.25, 0.3) is 0 Å². The average Bonchev–Trinajstić information content (AvgIpc) is 2.39. The van der Waals surface area contributed by atoms with Crippen LogP contribution in [0.3, 0.4) is 0 Å². The zero-order valence-corrected chi connectivity index (χ0v) is 7.98. The minimum Gasteiger partial charge on any atom is -0.463 e. The van der Waals surface area contributed by atoms with Crippen molar-refractivity contribution in [2.24, 2.45) is 0 Å². The van der Waals surface area contributed by atoms with Crippen molar-refractivity contribution in [2.45, 2.75) is 45.1 Å². The van der Waals surface area contributed by atoms with Gasteiger partial charge in [0.2, 0.25) is 6.29 Å². The van der Waals surface area contributed by atoms with Gasteiger partial charge in [0.15, 0.2) is 5.79 Å². The molecule has 74 valence electrons. The lowest BCUT2D eigenvalue weighted by Gasteiger charge is -2.18. The first-order valence-corrected chi connectivity index (χ1v) is 4.40. The Balaban J connectivity index is 2.08. The molecule has 2 aliphatic heterocycles. The van der Waals surface area contributed by atoms with Crippen molar-refractivity contribution in [1.82, 2.24) is 0 Å². The third-order valence-corrected chi connectivity index (χ3v) is 2.08. The molecule has 1 fully saturated rings. The van der Waals surface area contributed by atoms with Gasteiger partial charge in [-0.1, -0.05) is 0 Å². The van der Waals surface area contributed by atoms with Crippen LogP contribution in [0.1, 0.15) is 20.8 Å². The molecule has 4 heteroatoms. The summed E-state index contributed by atoms with van der Waals surface area (Å²) in [6.45, 7) is 5.33. The quantitative estimate of drug-likeness (QED) is 0.656. The van der Waals surface area contributed by atoms with E-state index in [0.717, 1.165) is 0 Å². The van der Waals surface area contributed by atoms with Crippen LogP contribution >= 0.6 is 0 Å². The molecule has 0 radical (unpaired) electrons. The van der Waals surface area contributed by atoms with Gasteiger partial charge in [-0.2, -0.15) is 0 Å². The van der Waals surface area contributed by atoms with Gasteiger partial charge >= 0.3 is 0 Å². The van der Waals surface area contributed by atoms with E-state index < -0.39 is 11.9 Å². The lowest BCUT2D eigenvalue weighted by atomic mass is 10.3. The molecule has 0 aromatic carbocycles. The summed E-state index contributed by atoms with van der Waals surface area (Å²) in [5, 5.41) is 9.23. The molecule has 2 heterocycles. The number of hydrogen-bond donors (Lipinski definition) is 1. The Kier molecular flexibility index (Phi) is 1.87. The van der Waals surface area contributed by atoms with E-state index in [2.05, 4.69) is 0 Å². The van der Waals surface area contributed by atoms with Crippen LogP contribution in [-0.2, 0) is 14.2 Å². The van der Waals surface area contributed by atoms with Crippen molar-refractivity contribution in [3.05, 3.63) is 11.8 Å². The van der Waals surface area contributed by atoms with Crippen molar-refractivity contribution in [1.29, 1.82) is 0 Å². The number of hydrogen-bond acceptors (Lipinski definition) is 4. The van der Waals surface area contributed by atoms with E-state index in [1.807, 2.05) is 13.8 Å². The first-order chi connectivity index (χ1) is 5.98. The molecule has 4 nitrogen and oxygen atoms in total. The minimum atomic E-state index is -0.596. The number of fused-ring (bicyclic) bond motifs is 1. The lowest BCUT2D eigenvalue weighted by Crippen LogP contribution is -2.23. The molecule has 0 aliphatic carbocycles. The molecule has 1 saturated heterocycles. The maximum Gasteiger partial charge on any atom is 0.232 e. The molecular weight excluding hydrogens is 172 g/mol. The molecular formula is C9H14O4. The SMILES string of the molecule is CC(O)C1=CC2OC(C)(C)OC2O1. The molecule has 0 spiro atoms. The number of rotatable bonds is 1. The summed E-state index contributed by atoms with van der Waals surface area (Å²) in [5.74, 6) is -0.0544.